The number of carbonyl (C=O) groups is 1. The quantitative estimate of drug-likeness (QED) is 0.904. The van der Waals surface area contributed by atoms with Crippen LogP contribution in [0.15, 0.2) is 48.5 Å². The summed E-state index contributed by atoms with van der Waals surface area (Å²) in [7, 11) is 0. The van der Waals surface area contributed by atoms with Gasteiger partial charge in [-0.3, -0.25) is 0 Å². The number of nitriles is 1. The maximum atomic E-state index is 10.9. The summed E-state index contributed by atoms with van der Waals surface area (Å²) < 4.78 is 5.54. The van der Waals surface area contributed by atoms with Crippen molar-refractivity contribution >= 4 is 5.97 Å². The summed E-state index contributed by atoms with van der Waals surface area (Å²) in [5.74, 6) is -0.731. The zero-order chi connectivity index (χ0) is 14.4. The molecule has 0 fully saturated rings. The highest BCUT2D eigenvalue weighted by molar-refractivity contribution is 5.88. The van der Waals surface area contributed by atoms with Gasteiger partial charge in [-0.25, -0.2) is 4.79 Å². The largest absolute Gasteiger partial charge is 0.492 e. The molecule has 0 aromatic heterocycles. The van der Waals surface area contributed by atoms with Gasteiger partial charge < -0.3 is 9.84 Å². The number of aromatic carboxylic acids is 1. The molecule has 1 N–H and O–H groups in total. The van der Waals surface area contributed by atoms with Crippen molar-refractivity contribution < 1.29 is 14.6 Å². The Kier molecular flexibility index (Phi) is 4.35. The lowest BCUT2D eigenvalue weighted by molar-refractivity contribution is 0.0696. The second-order valence-electron chi connectivity index (χ2n) is 4.21. The molecule has 0 spiro atoms. The van der Waals surface area contributed by atoms with Gasteiger partial charge in [-0.2, -0.15) is 5.26 Å². The first-order valence-corrected chi connectivity index (χ1v) is 6.15. The van der Waals surface area contributed by atoms with Crippen molar-refractivity contribution in [1.82, 2.24) is 0 Å². The molecular weight excluding hydrogens is 254 g/mol. The van der Waals surface area contributed by atoms with Crippen molar-refractivity contribution in [1.29, 1.82) is 5.26 Å². The Morgan fingerprint density at radius 1 is 1.20 bits per heavy atom. The minimum absolute atomic E-state index is 0.110. The second kappa shape index (κ2) is 6.39. The normalized spacial score (nSPS) is 9.75. The maximum absolute atomic E-state index is 10.9. The molecule has 0 saturated carbocycles. The predicted octanol–water partition coefficient (Wildman–Crippen LogP) is 2.88. The fraction of sp³-hybridized carbons (Fsp3) is 0.125. The molecular formula is C16H13NO3. The summed E-state index contributed by atoms with van der Waals surface area (Å²) in [6, 6.07) is 16.0. The van der Waals surface area contributed by atoms with Crippen molar-refractivity contribution in [3.8, 4) is 11.8 Å². The van der Waals surface area contributed by atoms with Crippen molar-refractivity contribution in [2.24, 2.45) is 0 Å². The monoisotopic (exact) mass is 267 g/mol. The van der Waals surface area contributed by atoms with Gasteiger partial charge in [-0.1, -0.05) is 30.3 Å². The third-order valence-corrected chi connectivity index (χ3v) is 2.84. The van der Waals surface area contributed by atoms with E-state index in [-0.39, 0.29) is 5.56 Å². The SMILES string of the molecule is N#Cc1ccc(C(=O)O)cc1OCCc1ccccc1. The van der Waals surface area contributed by atoms with Crippen LogP contribution in [0.25, 0.3) is 0 Å². The molecule has 100 valence electrons. The minimum Gasteiger partial charge on any atom is -0.492 e. The molecule has 2 rings (SSSR count). The van der Waals surface area contributed by atoms with Crippen LogP contribution in [0, 0.1) is 11.3 Å². The van der Waals surface area contributed by atoms with Gasteiger partial charge in [0.2, 0.25) is 0 Å². The minimum atomic E-state index is -1.04. The number of carboxylic acids is 1. The fourth-order valence-electron chi connectivity index (χ4n) is 1.79. The third kappa shape index (κ3) is 3.36. The second-order valence-corrected chi connectivity index (χ2v) is 4.21. The van der Waals surface area contributed by atoms with Crippen LogP contribution in [0.2, 0.25) is 0 Å². The molecule has 0 aliphatic rings. The molecule has 2 aromatic rings. The third-order valence-electron chi connectivity index (χ3n) is 2.84. The number of benzene rings is 2. The zero-order valence-electron chi connectivity index (χ0n) is 10.7. The first kappa shape index (κ1) is 13.6. The first-order chi connectivity index (χ1) is 9.70. The average Bonchev–Trinajstić information content (AvgIpc) is 2.48. The fourth-order valence-corrected chi connectivity index (χ4v) is 1.79. The smallest absolute Gasteiger partial charge is 0.335 e. The lowest BCUT2D eigenvalue weighted by Crippen LogP contribution is -2.04. The van der Waals surface area contributed by atoms with E-state index >= 15 is 0 Å². The Balaban J connectivity index is 2.06. The molecule has 0 aliphatic heterocycles. The van der Waals surface area contributed by atoms with Gasteiger partial charge in [-0.05, 0) is 23.8 Å². The van der Waals surface area contributed by atoms with E-state index in [1.165, 1.54) is 18.2 Å². The lowest BCUT2D eigenvalue weighted by Gasteiger charge is -2.08. The molecule has 0 aliphatic carbocycles. The summed E-state index contributed by atoms with van der Waals surface area (Å²) >= 11 is 0. The molecule has 20 heavy (non-hydrogen) atoms. The highest BCUT2D eigenvalue weighted by Gasteiger charge is 2.09. The van der Waals surface area contributed by atoms with Crippen LogP contribution >= 0.6 is 0 Å². The Bertz CT molecular complexity index is 645. The summed E-state index contributed by atoms with van der Waals surface area (Å²) in [6.07, 6.45) is 0.697. The summed E-state index contributed by atoms with van der Waals surface area (Å²) in [4.78, 5) is 10.9. The van der Waals surface area contributed by atoms with Crippen LogP contribution in [0.4, 0.5) is 0 Å². The van der Waals surface area contributed by atoms with Gasteiger partial charge in [0.1, 0.15) is 11.8 Å². The Morgan fingerprint density at radius 3 is 2.60 bits per heavy atom. The van der Waals surface area contributed by atoms with E-state index in [1.54, 1.807) is 0 Å². The van der Waals surface area contributed by atoms with Gasteiger partial charge in [0.25, 0.3) is 0 Å². The molecule has 0 radical (unpaired) electrons. The Labute approximate surface area is 116 Å². The molecule has 0 amide bonds. The molecule has 0 heterocycles. The lowest BCUT2D eigenvalue weighted by atomic mass is 10.1. The predicted molar refractivity (Wildman–Crippen MR) is 73.8 cm³/mol. The molecule has 0 saturated heterocycles. The number of nitrogens with zero attached hydrogens (tertiary/aromatic N) is 1. The van der Waals surface area contributed by atoms with Crippen LogP contribution in [0.5, 0.6) is 5.75 Å². The van der Waals surface area contributed by atoms with Gasteiger partial charge >= 0.3 is 5.97 Å². The van der Waals surface area contributed by atoms with Crippen LogP contribution in [-0.2, 0) is 6.42 Å². The molecule has 2 aromatic carbocycles. The van der Waals surface area contributed by atoms with Crippen LogP contribution < -0.4 is 4.74 Å². The Hall–Kier alpha value is -2.80. The molecule has 4 nitrogen and oxygen atoms in total. The van der Waals surface area contributed by atoms with E-state index in [0.717, 1.165) is 5.56 Å². The van der Waals surface area contributed by atoms with Crippen molar-refractivity contribution in [2.75, 3.05) is 6.61 Å². The number of rotatable bonds is 5. The molecule has 0 atom stereocenters. The average molecular weight is 267 g/mol. The Morgan fingerprint density at radius 2 is 1.95 bits per heavy atom. The molecule has 0 bridgehead atoms. The molecule has 0 unspecified atom stereocenters. The van der Waals surface area contributed by atoms with E-state index < -0.39 is 5.97 Å². The van der Waals surface area contributed by atoms with Crippen LogP contribution in [0.3, 0.4) is 0 Å². The van der Waals surface area contributed by atoms with Crippen LogP contribution in [0.1, 0.15) is 21.5 Å². The van der Waals surface area contributed by atoms with Gasteiger partial charge in [0.15, 0.2) is 0 Å². The van der Waals surface area contributed by atoms with Gasteiger partial charge in [0, 0.05) is 6.42 Å². The summed E-state index contributed by atoms with van der Waals surface area (Å²) in [5.41, 5.74) is 1.57. The number of ether oxygens (including phenoxy) is 1. The summed E-state index contributed by atoms with van der Waals surface area (Å²) in [6.45, 7) is 0.391. The van der Waals surface area contributed by atoms with Crippen LogP contribution in [-0.4, -0.2) is 17.7 Å². The standard InChI is InChI=1S/C16H13NO3/c17-11-14-7-6-13(16(18)19)10-15(14)20-9-8-12-4-2-1-3-5-12/h1-7,10H,8-9H2,(H,18,19). The van der Waals surface area contributed by atoms with Gasteiger partial charge in [0.05, 0.1) is 17.7 Å². The topological polar surface area (TPSA) is 70.3 Å². The number of carboxylic acid groups (broad SMARTS) is 1. The van der Waals surface area contributed by atoms with Gasteiger partial charge in [-0.15, -0.1) is 0 Å². The van der Waals surface area contributed by atoms with E-state index in [4.69, 9.17) is 15.1 Å². The van der Waals surface area contributed by atoms with E-state index in [2.05, 4.69) is 0 Å². The van der Waals surface area contributed by atoms with Crippen molar-refractivity contribution in [3.63, 3.8) is 0 Å². The molecule has 4 heteroatoms. The highest BCUT2D eigenvalue weighted by atomic mass is 16.5. The van der Waals surface area contributed by atoms with Crippen molar-refractivity contribution in [3.05, 3.63) is 65.2 Å². The zero-order valence-corrected chi connectivity index (χ0v) is 10.7. The summed E-state index contributed by atoms with van der Waals surface area (Å²) in [5, 5.41) is 17.9. The number of hydrogen-bond acceptors (Lipinski definition) is 3. The van der Waals surface area contributed by atoms with E-state index in [0.29, 0.717) is 24.3 Å². The van der Waals surface area contributed by atoms with E-state index in [9.17, 15) is 4.79 Å². The number of hydrogen-bond donors (Lipinski definition) is 1. The van der Waals surface area contributed by atoms with Crippen molar-refractivity contribution in [2.45, 2.75) is 6.42 Å². The highest BCUT2D eigenvalue weighted by Crippen LogP contribution is 2.20. The first-order valence-electron chi connectivity index (χ1n) is 6.15. The van der Waals surface area contributed by atoms with E-state index in [1.807, 2.05) is 36.4 Å². The maximum Gasteiger partial charge on any atom is 0.335 e.